The molecule has 0 atom stereocenters. The van der Waals surface area contributed by atoms with Gasteiger partial charge in [-0.1, -0.05) is 29.8 Å². The number of benzene rings is 2. The number of anilines is 1. The van der Waals surface area contributed by atoms with Crippen molar-refractivity contribution in [3.8, 4) is 0 Å². The van der Waals surface area contributed by atoms with Gasteiger partial charge in [0.25, 0.3) is 10.0 Å². The van der Waals surface area contributed by atoms with E-state index in [0.29, 0.717) is 5.69 Å². The summed E-state index contributed by atoms with van der Waals surface area (Å²) < 4.78 is 27.1. The maximum absolute atomic E-state index is 12.3. The van der Waals surface area contributed by atoms with Gasteiger partial charge >= 0.3 is 0 Å². The number of hydrogen-bond acceptors (Lipinski definition) is 3. The van der Waals surface area contributed by atoms with Gasteiger partial charge in [-0.25, -0.2) is 8.42 Å². The zero-order valence-corrected chi connectivity index (χ0v) is 14.2. The number of nitrogens with one attached hydrogen (secondary N) is 1. The Morgan fingerprint density at radius 3 is 2.20 bits per heavy atom. The van der Waals surface area contributed by atoms with Crippen molar-refractivity contribution in [1.29, 1.82) is 0 Å². The molecule has 2 rings (SSSR count). The van der Waals surface area contributed by atoms with Crippen LogP contribution in [0.25, 0.3) is 0 Å². The van der Waals surface area contributed by atoms with Crippen LogP contribution in [0.15, 0.2) is 58.3 Å². The number of aryl methyl sites for hydroxylation is 1. The van der Waals surface area contributed by atoms with Crippen molar-refractivity contribution >= 4 is 27.5 Å². The average Bonchev–Trinajstić information content (AvgIpc) is 2.39. The molecule has 0 heterocycles. The molecule has 2 aromatic carbocycles. The smallest absolute Gasteiger partial charge is 0.261 e. The Morgan fingerprint density at radius 2 is 1.60 bits per heavy atom. The van der Waals surface area contributed by atoms with E-state index in [2.05, 4.69) is 4.72 Å². The maximum Gasteiger partial charge on any atom is 0.261 e. The number of thioether (sulfide) groups is 1. The molecule has 20 heavy (non-hydrogen) atoms. The van der Waals surface area contributed by atoms with E-state index in [-0.39, 0.29) is 27.3 Å². The third-order valence-corrected chi connectivity index (χ3v) is 4.86. The van der Waals surface area contributed by atoms with Crippen LogP contribution in [0.2, 0.25) is 0 Å². The second-order valence-electron chi connectivity index (χ2n) is 4.12. The molecule has 0 saturated heterocycles. The molecule has 111 valence electrons. The predicted molar refractivity (Wildman–Crippen MR) is 80.2 cm³/mol. The molecule has 0 spiro atoms. The predicted octanol–water partition coefficient (Wildman–Crippen LogP) is 3.52. The van der Waals surface area contributed by atoms with Gasteiger partial charge in [-0.05, 0) is 37.4 Å². The van der Waals surface area contributed by atoms with Gasteiger partial charge in [-0.3, -0.25) is 4.72 Å². The second kappa shape index (κ2) is 7.33. The fourth-order valence-corrected chi connectivity index (χ4v) is 3.35. The molecule has 0 saturated carbocycles. The monoisotopic (exact) mass is 400 g/mol. The van der Waals surface area contributed by atoms with Crippen molar-refractivity contribution in [2.75, 3.05) is 11.0 Å². The first-order valence-corrected chi connectivity index (χ1v) is 8.46. The van der Waals surface area contributed by atoms with Crippen LogP contribution >= 0.6 is 11.8 Å². The van der Waals surface area contributed by atoms with Crippen molar-refractivity contribution in [2.24, 2.45) is 0 Å². The molecule has 0 unspecified atom stereocenters. The van der Waals surface area contributed by atoms with Crippen LogP contribution in [-0.4, -0.2) is 14.7 Å². The Morgan fingerprint density at radius 1 is 1.00 bits per heavy atom. The van der Waals surface area contributed by atoms with E-state index in [4.69, 9.17) is 0 Å². The molecule has 0 amide bonds. The zero-order chi connectivity index (χ0) is 13.9. The molecule has 0 aliphatic rings. The van der Waals surface area contributed by atoms with Gasteiger partial charge in [0.2, 0.25) is 0 Å². The minimum atomic E-state index is -3.53. The first kappa shape index (κ1) is 17.3. The van der Waals surface area contributed by atoms with Gasteiger partial charge in [0, 0.05) is 27.3 Å². The Balaban J connectivity index is 0.00000200. The summed E-state index contributed by atoms with van der Waals surface area (Å²) in [6.45, 7) is 1.92. The quantitative estimate of drug-likeness (QED) is 0.630. The first-order chi connectivity index (χ1) is 9.03. The van der Waals surface area contributed by atoms with E-state index >= 15 is 0 Å². The van der Waals surface area contributed by atoms with Crippen LogP contribution in [0, 0.1) is 6.92 Å². The summed E-state index contributed by atoms with van der Waals surface area (Å²) in [4.78, 5) is 1.17. The summed E-state index contributed by atoms with van der Waals surface area (Å²) >= 11 is 1.51. The van der Waals surface area contributed by atoms with E-state index in [1.807, 2.05) is 31.4 Å². The van der Waals surface area contributed by atoms with Crippen molar-refractivity contribution in [3.05, 3.63) is 54.1 Å². The van der Waals surface area contributed by atoms with E-state index < -0.39 is 10.0 Å². The third kappa shape index (κ3) is 4.14. The van der Waals surface area contributed by atoms with Gasteiger partial charge in [0.05, 0.1) is 10.6 Å². The summed E-state index contributed by atoms with van der Waals surface area (Å²) in [6, 6.07) is 14.1. The minimum Gasteiger partial charge on any atom is -0.278 e. The third-order valence-electron chi connectivity index (χ3n) is 2.68. The van der Waals surface area contributed by atoms with Gasteiger partial charge in [0.15, 0.2) is 0 Å². The standard InChI is InChI=1S/C14H15NO2S2.Ag/c1-11-7-9-12(10-8-11)19(16,17)15-13-5-3-4-6-14(13)18-2;/h3-10,15H,1-2H3;. The van der Waals surface area contributed by atoms with Crippen LogP contribution in [-0.2, 0) is 32.4 Å². The molecule has 0 fully saturated rings. The van der Waals surface area contributed by atoms with Crippen LogP contribution < -0.4 is 4.72 Å². The number of hydrogen-bond donors (Lipinski definition) is 1. The molecule has 2 aromatic rings. The fourth-order valence-electron chi connectivity index (χ4n) is 1.65. The summed E-state index contributed by atoms with van der Waals surface area (Å²) in [5, 5.41) is 0. The van der Waals surface area contributed by atoms with E-state index in [1.54, 1.807) is 30.3 Å². The molecule has 1 N–H and O–H groups in total. The molecule has 1 radical (unpaired) electrons. The number of para-hydroxylation sites is 1. The van der Waals surface area contributed by atoms with Crippen LogP contribution in [0.1, 0.15) is 5.56 Å². The van der Waals surface area contributed by atoms with Crippen molar-refractivity contribution in [2.45, 2.75) is 16.7 Å². The molecular formula is C14H15AgNO2S2. The topological polar surface area (TPSA) is 46.2 Å². The Labute approximate surface area is 139 Å². The van der Waals surface area contributed by atoms with E-state index in [9.17, 15) is 8.42 Å². The van der Waals surface area contributed by atoms with Gasteiger partial charge in [-0.15, -0.1) is 11.8 Å². The molecule has 0 bridgehead atoms. The van der Waals surface area contributed by atoms with Crippen LogP contribution in [0.4, 0.5) is 5.69 Å². The first-order valence-electron chi connectivity index (χ1n) is 5.75. The van der Waals surface area contributed by atoms with Crippen molar-refractivity contribution in [3.63, 3.8) is 0 Å². The summed E-state index contributed by atoms with van der Waals surface area (Å²) in [6.07, 6.45) is 1.92. The Kier molecular flexibility index (Phi) is 6.36. The molecule has 6 heteroatoms. The Bertz CT molecular complexity index is 670. The van der Waals surface area contributed by atoms with Gasteiger partial charge < -0.3 is 0 Å². The minimum absolute atomic E-state index is 0. The van der Waals surface area contributed by atoms with Crippen LogP contribution in [0.5, 0.6) is 0 Å². The molecular weight excluding hydrogens is 386 g/mol. The van der Waals surface area contributed by atoms with E-state index in [0.717, 1.165) is 10.5 Å². The summed E-state index contributed by atoms with van der Waals surface area (Å²) in [7, 11) is -3.53. The van der Waals surface area contributed by atoms with Gasteiger partial charge in [-0.2, -0.15) is 0 Å². The summed E-state index contributed by atoms with van der Waals surface area (Å²) in [5.74, 6) is 0. The number of sulfonamides is 1. The van der Waals surface area contributed by atoms with Crippen molar-refractivity contribution in [1.82, 2.24) is 0 Å². The molecule has 0 aliphatic carbocycles. The Hall–Kier alpha value is -0.720. The average molecular weight is 401 g/mol. The van der Waals surface area contributed by atoms with E-state index in [1.165, 1.54) is 11.8 Å². The van der Waals surface area contributed by atoms with Crippen molar-refractivity contribution < 1.29 is 30.8 Å². The molecule has 3 nitrogen and oxygen atoms in total. The molecule has 0 aliphatic heterocycles. The summed E-state index contributed by atoms with van der Waals surface area (Å²) in [5.41, 5.74) is 1.64. The normalized spacial score (nSPS) is 10.7. The second-order valence-corrected chi connectivity index (χ2v) is 6.65. The zero-order valence-electron chi connectivity index (χ0n) is 11.1. The maximum atomic E-state index is 12.3. The molecule has 0 aromatic heterocycles. The SMILES string of the molecule is CSc1ccccc1NS(=O)(=O)c1ccc(C)cc1.[Ag]. The number of rotatable bonds is 4. The van der Waals surface area contributed by atoms with Crippen LogP contribution in [0.3, 0.4) is 0 Å². The largest absolute Gasteiger partial charge is 0.278 e. The fraction of sp³-hybridized carbons (Fsp3) is 0.143. The van der Waals surface area contributed by atoms with Gasteiger partial charge in [0.1, 0.15) is 0 Å².